The van der Waals surface area contributed by atoms with Gasteiger partial charge in [-0.2, -0.15) is 4.99 Å². The fourth-order valence-electron chi connectivity index (χ4n) is 1.50. The van der Waals surface area contributed by atoms with E-state index in [4.69, 9.17) is 16.9 Å². The van der Waals surface area contributed by atoms with Crippen molar-refractivity contribution in [3.8, 4) is 0 Å². The van der Waals surface area contributed by atoms with Gasteiger partial charge in [-0.3, -0.25) is 5.41 Å². The number of aliphatic hydroxyl groups is 1. The van der Waals surface area contributed by atoms with Crippen molar-refractivity contribution in [2.45, 2.75) is 37.0 Å². The largest absolute Gasteiger partial charge is 0.392 e. The molecule has 0 aliphatic heterocycles. The van der Waals surface area contributed by atoms with E-state index in [1.54, 1.807) is 0 Å². The first-order valence-electron chi connectivity index (χ1n) is 4.62. The third-order valence-corrected chi connectivity index (χ3v) is 3.33. The van der Waals surface area contributed by atoms with Crippen LogP contribution < -0.4 is 11.5 Å². The smallest absolute Gasteiger partial charge is 0.193 e. The van der Waals surface area contributed by atoms with Crippen molar-refractivity contribution in [1.29, 1.82) is 5.41 Å². The maximum atomic E-state index is 9.62. The second-order valence-corrected chi connectivity index (χ2v) is 4.58. The highest BCUT2D eigenvalue weighted by molar-refractivity contribution is 8.14. The normalized spacial score (nSPS) is 26.9. The third kappa shape index (κ3) is 3.55. The number of nitrogens with two attached hydrogens (primary N) is 2. The standard InChI is InChI=1S/C8H16N4OS/c9-7(10)12-8(11)14-6-4-2-1-3-5(6)13/h5-6,13H,1-4H2,(H5,9,10,11,12). The number of nitrogens with zero attached hydrogens (tertiary/aromatic N) is 1. The monoisotopic (exact) mass is 216 g/mol. The Bertz CT molecular complexity index is 239. The Morgan fingerprint density at radius 3 is 2.57 bits per heavy atom. The van der Waals surface area contributed by atoms with Crippen molar-refractivity contribution in [3.05, 3.63) is 0 Å². The van der Waals surface area contributed by atoms with Gasteiger partial charge >= 0.3 is 0 Å². The van der Waals surface area contributed by atoms with E-state index in [2.05, 4.69) is 4.99 Å². The van der Waals surface area contributed by atoms with Gasteiger partial charge in [0, 0.05) is 5.25 Å². The van der Waals surface area contributed by atoms with Gasteiger partial charge in [-0.15, -0.1) is 0 Å². The zero-order chi connectivity index (χ0) is 10.6. The van der Waals surface area contributed by atoms with Gasteiger partial charge in [-0.1, -0.05) is 24.6 Å². The summed E-state index contributed by atoms with van der Waals surface area (Å²) in [6, 6.07) is 0. The highest BCUT2D eigenvalue weighted by atomic mass is 32.2. The number of thioether (sulfide) groups is 1. The first-order chi connectivity index (χ1) is 6.59. The second kappa shape index (κ2) is 5.21. The molecule has 14 heavy (non-hydrogen) atoms. The van der Waals surface area contributed by atoms with Crippen LogP contribution in [0.2, 0.25) is 0 Å². The lowest BCUT2D eigenvalue weighted by Gasteiger charge is -2.26. The number of amidine groups is 1. The molecular formula is C8H16N4OS. The fourth-order valence-corrected chi connectivity index (χ4v) is 2.52. The molecule has 1 rings (SSSR count). The molecule has 6 N–H and O–H groups in total. The summed E-state index contributed by atoms with van der Waals surface area (Å²) in [6.45, 7) is 0. The van der Waals surface area contributed by atoms with Gasteiger partial charge < -0.3 is 16.6 Å². The molecule has 0 heterocycles. The first-order valence-corrected chi connectivity index (χ1v) is 5.50. The summed E-state index contributed by atoms with van der Waals surface area (Å²) in [4.78, 5) is 3.61. The number of guanidine groups is 1. The summed E-state index contributed by atoms with van der Waals surface area (Å²) in [5.74, 6) is -0.104. The topological polar surface area (TPSA) is 108 Å². The quantitative estimate of drug-likeness (QED) is 0.371. The van der Waals surface area contributed by atoms with E-state index in [0.29, 0.717) is 0 Å². The lowest BCUT2D eigenvalue weighted by Crippen LogP contribution is -2.29. The Labute approximate surface area is 87.5 Å². The van der Waals surface area contributed by atoms with Gasteiger partial charge in [-0.05, 0) is 12.8 Å². The second-order valence-electron chi connectivity index (χ2n) is 3.35. The molecule has 0 saturated heterocycles. The molecule has 0 amide bonds. The van der Waals surface area contributed by atoms with Crippen LogP contribution in [0.15, 0.2) is 4.99 Å². The van der Waals surface area contributed by atoms with Crippen LogP contribution in [0, 0.1) is 5.41 Å². The van der Waals surface area contributed by atoms with E-state index < -0.39 is 0 Å². The molecule has 0 radical (unpaired) electrons. The summed E-state index contributed by atoms with van der Waals surface area (Å²) < 4.78 is 0. The Morgan fingerprint density at radius 2 is 2.00 bits per heavy atom. The van der Waals surface area contributed by atoms with Gasteiger partial charge in [-0.25, -0.2) is 0 Å². The third-order valence-electron chi connectivity index (χ3n) is 2.16. The fraction of sp³-hybridized carbons (Fsp3) is 0.750. The predicted molar refractivity (Wildman–Crippen MR) is 59.4 cm³/mol. The molecule has 0 aromatic rings. The van der Waals surface area contributed by atoms with Gasteiger partial charge in [0.25, 0.3) is 0 Å². The minimum atomic E-state index is -0.330. The van der Waals surface area contributed by atoms with Crippen molar-refractivity contribution in [2.75, 3.05) is 0 Å². The highest BCUT2D eigenvalue weighted by Crippen LogP contribution is 2.29. The summed E-state index contributed by atoms with van der Waals surface area (Å²) in [5, 5.41) is 17.2. The van der Waals surface area contributed by atoms with Gasteiger partial charge in [0.1, 0.15) is 0 Å². The number of aliphatic imine (C=N–C) groups is 1. The molecule has 2 unspecified atom stereocenters. The van der Waals surface area contributed by atoms with E-state index in [0.717, 1.165) is 25.7 Å². The van der Waals surface area contributed by atoms with E-state index in [-0.39, 0.29) is 22.5 Å². The SMILES string of the molecule is N=C(N=C(N)N)SC1CCCCC1O. The van der Waals surface area contributed by atoms with E-state index >= 15 is 0 Å². The molecule has 1 saturated carbocycles. The molecule has 1 aliphatic rings. The molecule has 5 nitrogen and oxygen atoms in total. The minimum absolute atomic E-state index is 0.0688. The molecular weight excluding hydrogens is 200 g/mol. The number of hydrogen-bond donors (Lipinski definition) is 4. The number of aliphatic hydroxyl groups excluding tert-OH is 1. The lowest BCUT2D eigenvalue weighted by molar-refractivity contribution is 0.137. The van der Waals surface area contributed by atoms with E-state index in [1.807, 2.05) is 0 Å². The molecule has 0 aromatic carbocycles. The van der Waals surface area contributed by atoms with Crippen molar-refractivity contribution in [2.24, 2.45) is 16.5 Å². The van der Waals surface area contributed by atoms with Gasteiger partial charge in [0.15, 0.2) is 11.1 Å². The van der Waals surface area contributed by atoms with Crippen LogP contribution in [0.3, 0.4) is 0 Å². The average Bonchev–Trinajstić information content (AvgIpc) is 2.07. The molecule has 1 aliphatic carbocycles. The van der Waals surface area contributed by atoms with Crippen LogP contribution in [-0.4, -0.2) is 27.6 Å². The van der Waals surface area contributed by atoms with E-state index in [1.165, 1.54) is 11.8 Å². The van der Waals surface area contributed by atoms with Crippen LogP contribution in [0.4, 0.5) is 0 Å². The lowest BCUT2D eigenvalue weighted by atomic mass is 9.97. The summed E-state index contributed by atoms with van der Waals surface area (Å²) in [5.41, 5.74) is 10.3. The first kappa shape index (κ1) is 11.3. The molecule has 80 valence electrons. The average molecular weight is 216 g/mol. The molecule has 0 spiro atoms. The molecule has 2 atom stereocenters. The highest BCUT2D eigenvalue weighted by Gasteiger charge is 2.24. The van der Waals surface area contributed by atoms with E-state index in [9.17, 15) is 5.11 Å². The van der Waals surface area contributed by atoms with Gasteiger partial charge in [0.2, 0.25) is 0 Å². The molecule has 6 heteroatoms. The summed E-state index contributed by atoms with van der Waals surface area (Å²) >= 11 is 1.24. The van der Waals surface area contributed by atoms with Crippen molar-refractivity contribution in [3.63, 3.8) is 0 Å². The number of rotatable bonds is 1. The Morgan fingerprint density at radius 1 is 1.36 bits per heavy atom. The maximum absolute atomic E-state index is 9.62. The van der Waals surface area contributed by atoms with Crippen LogP contribution in [0.5, 0.6) is 0 Å². The summed E-state index contributed by atoms with van der Waals surface area (Å²) in [7, 11) is 0. The zero-order valence-corrected chi connectivity index (χ0v) is 8.76. The van der Waals surface area contributed by atoms with Crippen LogP contribution in [0.25, 0.3) is 0 Å². The van der Waals surface area contributed by atoms with Gasteiger partial charge in [0.05, 0.1) is 6.10 Å². The van der Waals surface area contributed by atoms with Crippen molar-refractivity contribution < 1.29 is 5.11 Å². The van der Waals surface area contributed by atoms with Crippen molar-refractivity contribution >= 4 is 22.9 Å². The molecule has 0 aromatic heterocycles. The Hall–Kier alpha value is -0.750. The van der Waals surface area contributed by atoms with Crippen LogP contribution in [0.1, 0.15) is 25.7 Å². The molecule has 0 bridgehead atoms. The Kier molecular flexibility index (Phi) is 4.21. The zero-order valence-electron chi connectivity index (χ0n) is 7.94. The predicted octanol–water partition coefficient (Wildman–Crippen LogP) is 0.231. The minimum Gasteiger partial charge on any atom is -0.392 e. The molecule has 1 fully saturated rings. The summed E-state index contributed by atoms with van der Waals surface area (Å²) in [6.07, 6.45) is 3.57. The maximum Gasteiger partial charge on any atom is 0.193 e. The van der Waals surface area contributed by atoms with Crippen molar-refractivity contribution in [1.82, 2.24) is 0 Å². The number of nitrogens with one attached hydrogen (secondary N) is 1. The number of hydrogen-bond acceptors (Lipinski definition) is 3. The Balaban J connectivity index is 2.42. The van der Waals surface area contributed by atoms with Crippen LogP contribution >= 0.6 is 11.8 Å². The van der Waals surface area contributed by atoms with Crippen LogP contribution in [-0.2, 0) is 0 Å².